The molecule has 0 unspecified atom stereocenters. The van der Waals surface area contributed by atoms with Gasteiger partial charge in [0.1, 0.15) is 0 Å². The molecule has 3 N–H and O–H groups in total. The minimum absolute atomic E-state index is 0.0861. The third-order valence-corrected chi connectivity index (χ3v) is 3.68. The molecule has 2 amide bonds. The second-order valence-electron chi connectivity index (χ2n) is 6.43. The highest BCUT2D eigenvalue weighted by atomic mass is 16.2. The largest absolute Gasteiger partial charge is 0.376 e. The number of carbonyl (C=O) groups is 2. The number of benzene rings is 2. The van der Waals surface area contributed by atoms with E-state index in [1.54, 1.807) is 24.3 Å². The Morgan fingerprint density at radius 1 is 1.00 bits per heavy atom. The Balaban J connectivity index is 1.90. The molecule has 0 aliphatic heterocycles. The first-order valence-electron chi connectivity index (χ1n) is 8.37. The Bertz CT molecular complexity index is 752. The zero-order chi connectivity index (χ0) is 18.4. The molecule has 0 aromatic heterocycles. The number of hydrogen-bond donors (Lipinski definition) is 3. The van der Waals surface area contributed by atoms with Crippen LogP contribution in [0.5, 0.6) is 0 Å². The van der Waals surface area contributed by atoms with Crippen LogP contribution in [0, 0.1) is 13.8 Å². The molecule has 0 heterocycles. The van der Waals surface area contributed by atoms with Crippen LogP contribution in [-0.4, -0.2) is 24.4 Å². The number of nitrogens with one attached hydrogen (secondary N) is 3. The van der Waals surface area contributed by atoms with Gasteiger partial charge in [0, 0.05) is 23.0 Å². The van der Waals surface area contributed by atoms with E-state index in [9.17, 15) is 9.59 Å². The molecule has 0 aliphatic rings. The fraction of sp³-hybridized carbons (Fsp3) is 0.300. The van der Waals surface area contributed by atoms with E-state index in [0.29, 0.717) is 11.3 Å². The minimum atomic E-state index is -0.139. The van der Waals surface area contributed by atoms with Crippen LogP contribution in [0.3, 0.4) is 0 Å². The van der Waals surface area contributed by atoms with Gasteiger partial charge in [-0.3, -0.25) is 9.59 Å². The third-order valence-electron chi connectivity index (χ3n) is 3.68. The Labute approximate surface area is 148 Å². The molecular weight excluding hydrogens is 314 g/mol. The first kappa shape index (κ1) is 18.5. The summed E-state index contributed by atoms with van der Waals surface area (Å²) >= 11 is 0. The Kier molecular flexibility index (Phi) is 6.17. The van der Waals surface area contributed by atoms with E-state index < -0.39 is 0 Å². The Hall–Kier alpha value is -2.82. The summed E-state index contributed by atoms with van der Waals surface area (Å²) in [6, 6.07) is 13.0. The van der Waals surface area contributed by atoms with Gasteiger partial charge in [0.2, 0.25) is 5.91 Å². The average Bonchev–Trinajstić information content (AvgIpc) is 2.55. The summed E-state index contributed by atoms with van der Waals surface area (Å²) in [5.74, 6) is -0.259. The van der Waals surface area contributed by atoms with Crippen LogP contribution in [0.15, 0.2) is 42.5 Å². The van der Waals surface area contributed by atoms with Crippen LogP contribution in [-0.2, 0) is 4.79 Å². The smallest absolute Gasteiger partial charge is 0.251 e. The van der Waals surface area contributed by atoms with Gasteiger partial charge >= 0.3 is 0 Å². The standard InChI is InChI=1S/C20H25N3O2/c1-13(2)22-20(25)16-7-9-17(10-8-16)23-19(24)12-21-18-11-14(3)5-6-15(18)4/h5-11,13,21H,12H2,1-4H3,(H,22,25)(H,23,24). The molecule has 132 valence electrons. The number of carbonyl (C=O) groups excluding carboxylic acids is 2. The lowest BCUT2D eigenvalue weighted by atomic mass is 10.1. The second-order valence-corrected chi connectivity index (χ2v) is 6.43. The van der Waals surface area contributed by atoms with Crippen molar-refractivity contribution in [3.63, 3.8) is 0 Å². The summed E-state index contributed by atoms with van der Waals surface area (Å²) in [7, 11) is 0. The van der Waals surface area contributed by atoms with Gasteiger partial charge < -0.3 is 16.0 Å². The van der Waals surface area contributed by atoms with Gasteiger partial charge in [-0.1, -0.05) is 12.1 Å². The monoisotopic (exact) mass is 339 g/mol. The molecule has 5 heteroatoms. The highest BCUT2D eigenvalue weighted by Gasteiger charge is 2.08. The molecule has 25 heavy (non-hydrogen) atoms. The van der Waals surface area contributed by atoms with Crippen molar-refractivity contribution in [2.75, 3.05) is 17.2 Å². The van der Waals surface area contributed by atoms with Crippen LogP contribution in [0.2, 0.25) is 0 Å². The molecule has 5 nitrogen and oxygen atoms in total. The van der Waals surface area contributed by atoms with E-state index in [2.05, 4.69) is 16.0 Å². The van der Waals surface area contributed by atoms with Crippen LogP contribution < -0.4 is 16.0 Å². The highest BCUT2D eigenvalue weighted by molar-refractivity contribution is 5.96. The summed E-state index contributed by atoms with van der Waals surface area (Å²) in [4.78, 5) is 24.0. The molecule has 2 aromatic rings. The van der Waals surface area contributed by atoms with E-state index in [-0.39, 0.29) is 24.4 Å². The van der Waals surface area contributed by atoms with Gasteiger partial charge in [0.15, 0.2) is 0 Å². The lowest BCUT2D eigenvalue weighted by Crippen LogP contribution is -2.30. The zero-order valence-electron chi connectivity index (χ0n) is 15.1. The number of amides is 2. The van der Waals surface area contributed by atoms with E-state index in [1.807, 2.05) is 45.9 Å². The maximum Gasteiger partial charge on any atom is 0.251 e. The Morgan fingerprint density at radius 2 is 1.68 bits per heavy atom. The first-order valence-corrected chi connectivity index (χ1v) is 8.37. The molecule has 0 atom stereocenters. The van der Waals surface area contributed by atoms with Gasteiger partial charge in [0.05, 0.1) is 6.54 Å². The first-order chi connectivity index (χ1) is 11.8. The third kappa shape index (κ3) is 5.64. The summed E-state index contributed by atoms with van der Waals surface area (Å²) < 4.78 is 0. The van der Waals surface area contributed by atoms with Crippen LogP contribution in [0.1, 0.15) is 35.3 Å². The van der Waals surface area contributed by atoms with Crippen molar-refractivity contribution < 1.29 is 9.59 Å². The van der Waals surface area contributed by atoms with Gasteiger partial charge in [-0.05, 0) is 69.2 Å². The predicted octanol–water partition coefficient (Wildman–Crippen LogP) is 3.49. The number of anilines is 2. The van der Waals surface area contributed by atoms with Crippen molar-refractivity contribution in [2.24, 2.45) is 0 Å². The predicted molar refractivity (Wildman–Crippen MR) is 102 cm³/mol. The number of hydrogen-bond acceptors (Lipinski definition) is 3. The Morgan fingerprint density at radius 3 is 2.32 bits per heavy atom. The molecule has 0 spiro atoms. The molecule has 0 saturated carbocycles. The summed E-state index contributed by atoms with van der Waals surface area (Å²) in [5, 5.41) is 8.80. The maximum absolute atomic E-state index is 12.1. The van der Waals surface area contributed by atoms with Crippen molar-refractivity contribution in [1.82, 2.24) is 5.32 Å². The van der Waals surface area contributed by atoms with Crippen molar-refractivity contribution in [3.8, 4) is 0 Å². The fourth-order valence-corrected chi connectivity index (χ4v) is 2.36. The van der Waals surface area contributed by atoms with Gasteiger partial charge in [-0.25, -0.2) is 0 Å². The van der Waals surface area contributed by atoms with Crippen LogP contribution in [0.4, 0.5) is 11.4 Å². The van der Waals surface area contributed by atoms with Gasteiger partial charge in [-0.2, -0.15) is 0 Å². The van der Waals surface area contributed by atoms with Crippen molar-refractivity contribution in [3.05, 3.63) is 59.2 Å². The maximum atomic E-state index is 12.1. The van der Waals surface area contributed by atoms with Crippen LogP contribution >= 0.6 is 0 Å². The molecule has 0 fully saturated rings. The second kappa shape index (κ2) is 8.33. The normalized spacial score (nSPS) is 10.4. The topological polar surface area (TPSA) is 70.2 Å². The number of rotatable bonds is 6. The van der Waals surface area contributed by atoms with E-state index >= 15 is 0 Å². The lowest BCUT2D eigenvalue weighted by Gasteiger charge is -2.11. The van der Waals surface area contributed by atoms with Gasteiger partial charge in [0.25, 0.3) is 5.91 Å². The molecular formula is C20H25N3O2. The fourth-order valence-electron chi connectivity index (χ4n) is 2.36. The highest BCUT2D eigenvalue weighted by Crippen LogP contribution is 2.16. The van der Waals surface area contributed by atoms with E-state index in [1.165, 1.54) is 0 Å². The summed E-state index contributed by atoms with van der Waals surface area (Å²) in [5.41, 5.74) is 4.42. The molecule has 0 saturated heterocycles. The van der Waals surface area contributed by atoms with E-state index in [4.69, 9.17) is 0 Å². The minimum Gasteiger partial charge on any atom is -0.376 e. The summed E-state index contributed by atoms with van der Waals surface area (Å²) in [6.45, 7) is 8.02. The quantitative estimate of drug-likeness (QED) is 0.754. The van der Waals surface area contributed by atoms with Gasteiger partial charge in [-0.15, -0.1) is 0 Å². The van der Waals surface area contributed by atoms with Crippen molar-refractivity contribution in [2.45, 2.75) is 33.7 Å². The van der Waals surface area contributed by atoms with E-state index in [0.717, 1.165) is 16.8 Å². The molecule has 2 rings (SSSR count). The lowest BCUT2D eigenvalue weighted by molar-refractivity contribution is -0.114. The molecule has 0 aliphatic carbocycles. The van der Waals surface area contributed by atoms with Crippen LogP contribution in [0.25, 0.3) is 0 Å². The molecule has 0 radical (unpaired) electrons. The molecule has 0 bridgehead atoms. The SMILES string of the molecule is Cc1ccc(C)c(NCC(=O)Nc2ccc(C(=O)NC(C)C)cc2)c1. The van der Waals surface area contributed by atoms with Crippen molar-refractivity contribution >= 4 is 23.2 Å². The van der Waals surface area contributed by atoms with Crippen molar-refractivity contribution in [1.29, 1.82) is 0 Å². The molecule has 2 aromatic carbocycles. The number of aryl methyl sites for hydroxylation is 2. The average molecular weight is 339 g/mol. The summed E-state index contributed by atoms with van der Waals surface area (Å²) in [6.07, 6.45) is 0. The zero-order valence-corrected chi connectivity index (χ0v) is 15.1.